The highest BCUT2D eigenvalue weighted by Gasteiger charge is 2.44. The first-order valence-corrected chi connectivity index (χ1v) is 8.09. The van der Waals surface area contributed by atoms with Gasteiger partial charge in [0, 0.05) is 5.25 Å². The average molecular weight is 341 g/mol. The lowest BCUT2D eigenvalue weighted by Gasteiger charge is -2.16. The van der Waals surface area contributed by atoms with Gasteiger partial charge in [-0.1, -0.05) is 13.8 Å². The van der Waals surface area contributed by atoms with Crippen LogP contribution in [0.15, 0.2) is 11.4 Å². The molecule has 3 heterocycles. The predicted octanol–water partition coefficient (Wildman–Crippen LogP) is -0.480. The summed E-state index contributed by atoms with van der Waals surface area (Å²) in [7, 11) is 0. The lowest BCUT2D eigenvalue weighted by atomic mass is 10.1. The molecule has 1 aliphatic heterocycles. The second-order valence-electron chi connectivity index (χ2n) is 5.61. The first-order chi connectivity index (χ1) is 10.9. The van der Waals surface area contributed by atoms with Crippen LogP contribution in [-0.4, -0.2) is 65.0 Å². The number of thioether (sulfide) groups is 1. The van der Waals surface area contributed by atoms with Crippen molar-refractivity contribution in [2.45, 2.75) is 48.7 Å². The number of nitrogens with zero attached hydrogens (tertiary/aromatic N) is 4. The Hall–Kier alpha value is -1.46. The third-order valence-corrected chi connectivity index (χ3v) is 4.52. The molecule has 9 nitrogen and oxygen atoms in total. The highest BCUT2D eigenvalue weighted by Crippen LogP contribution is 2.34. The van der Waals surface area contributed by atoms with Crippen LogP contribution >= 0.6 is 11.8 Å². The molecule has 0 saturated carbocycles. The van der Waals surface area contributed by atoms with Crippen LogP contribution in [0, 0.1) is 0 Å². The van der Waals surface area contributed by atoms with Gasteiger partial charge in [-0.2, -0.15) is 4.98 Å². The molecule has 23 heavy (non-hydrogen) atoms. The number of aromatic nitrogens is 4. The third kappa shape index (κ3) is 2.88. The van der Waals surface area contributed by atoms with E-state index in [4.69, 9.17) is 10.5 Å². The minimum absolute atomic E-state index is 0.0918. The molecule has 126 valence electrons. The molecule has 1 aliphatic rings. The number of nitrogens with two attached hydrogens (primary N) is 1. The van der Waals surface area contributed by atoms with Crippen LogP contribution in [-0.2, 0) is 4.74 Å². The fraction of sp³-hybridized carbons (Fsp3) is 0.615. The highest BCUT2D eigenvalue weighted by molar-refractivity contribution is 8.00. The topological polar surface area (TPSA) is 140 Å². The predicted molar refractivity (Wildman–Crippen MR) is 83.7 cm³/mol. The van der Waals surface area contributed by atoms with E-state index in [9.17, 15) is 15.3 Å². The van der Waals surface area contributed by atoms with E-state index in [1.807, 2.05) is 13.8 Å². The summed E-state index contributed by atoms with van der Waals surface area (Å²) in [4.78, 5) is 12.7. The van der Waals surface area contributed by atoms with Gasteiger partial charge in [0.05, 0.1) is 12.9 Å². The number of hydrogen-bond donors (Lipinski definition) is 4. The van der Waals surface area contributed by atoms with Crippen LogP contribution in [0.4, 0.5) is 5.95 Å². The lowest BCUT2D eigenvalue weighted by Crippen LogP contribution is -2.33. The van der Waals surface area contributed by atoms with Crippen LogP contribution < -0.4 is 5.73 Å². The number of anilines is 1. The van der Waals surface area contributed by atoms with Gasteiger partial charge >= 0.3 is 0 Å². The largest absolute Gasteiger partial charge is 0.394 e. The maximum Gasteiger partial charge on any atom is 0.223 e. The van der Waals surface area contributed by atoms with Crippen LogP contribution in [0.5, 0.6) is 0 Å². The van der Waals surface area contributed by atoms with Gasteiger partial charge in [0.1, 0.15) is 28.9 Å². The molecular weight excluding hydrogens is 322 g/mol. The van der Waals surface area contributed by atoms with Crippen molar-refractivity contribution >= 4 is 28.9 Å². The summed E-state index contributed by atoms with van der Waals surface area (Å²) >= 11 is 1.50. The van der Waals surface area contributed by atoms with Crippen LogP contribution in [0.1, 0.15) is 20.1 Å². The monoisotopic (exact) mass is 341 g/mol. The molecule has 3 rings (SSSR count). The van der Waals surface area contributed by atoms with E-state index in [2.05, 4.69) is 15.0 Å². The molecule has 5 N–H and O–H groups in total. The number of aliphatic hydroxyl groups is 3. The standard InChI is InChI=1S/C13H19N5O4S/c1-5(2)23-11-7-10(16-13(14)17-11)18(4-15-7)12-9(21)8(20)6(3-19)22-12/h4-6,8-9,12,19-21H,3H2,1-2H3,(H2,14,16,17)/t6-,8-,9-,12-/m1/s1. The fourth-order valence-corrected chi connectivity index (χ4v) is 3.36. The van der Waals surface area contributed by atoms with E-state index >= 15 is 0 Å². The van der Waals surface area contributed by atoms with Gasteiger partial charge in [-0.3, -0.25) is 4.57 Å². The van der Waals surface area contributed by atoms with Crippen LogP contribution in [0.3, 0.4) is 0 Å². The molecule has 0 amide bonds. The normalized spacial score (nSPS) is 28.1. The first kappa shape index (κ1) is 16.4. The SMILES string of the molecule is CC(C)Sc1nc(N)nc2c1ncn2[C@@H]1O[C@H](CO)[C@@H](O)[C@H]1O. The van der Waals surface area contributed by atoms with Gasteiger partial charge in [0.2, 0.25) is 5.95 Å². The number of ether oxygens (including phenoxy) is 1. The van der Waals surface area contributed by atoms with E-state index in [1.54, 1.807) is 0 Å². The minimum Gasteiger partial charge on any atom is -0.394 e. The van der Waals surface area contributed by atoms with Crippen molar-refractivity contribution in [3.05, 3.63) is 6.33 Å². The van der Waals surface area contributed by atoms with Crippen molar-refractivity contribution < 1.29 is 20.1 Å². The van der Waals surface area contributed by atoms with E-state index in [1.165, 1.54) is 22.7 Å². The Bertz CT molecular complexity index is 709. The summed E-state index contributed by atoms with van der Waals surface area (Å²) in [5, 5.41) is 30.2. The molecule has 2 aromatic rings. The number of nitrogen functional groups attached to an aromatic ring is 1. The van der Waals surface area contributed by atoms with Gasteiger partial charge in [-0.25, -0.2) is 9.97 Å². The molecule has 0 spiro atoms. The smallest absolute Gasteiger partial charge is 0.223 e. The molecule has 0 aromatic carbocycles. The zero-order chi connectivity index (χ0) is 16.7. The maximum absolute atomic E-state index is 10.2. The Morgan fingerprint density at radius 2 is 2.09 bits per heavy atom. The van der Waals surface area contributed by atoms with Crippen molar-refractivity contribution in [2.24, 2.45) is 0 Å². The van der Waals surface area contributed by atoms with E-state index in [0.29, 0.717) is 16.2 Å². The van der Waals surface area contributed by atoms with Gasteiger partial charge in [0.25, 0.3) is 0 Å². The number of aliphatic hydroxyl groups excluding tert-OH is 3. The minimum atomic E-state index is -1.21. The lowest BCUT2D eigenvalue weighted by molar-refractivity contribution is -0.0511. The molecule has 2 aromatic heterocycles. The third-order valence-electron chi connectivity index (χ3n) is 3.55. The summed E-state index contributed by atoms with van der Waals surface area (Å²) in [6, 6.07) is 0. The Labute approximate surface area is 136 Å². The fourth-order valence-electron chi connectivity index (χ4n) is 2.51. The van der Waals surface area contributed by atoms with Gasteiger partial charge in [-0.05, 0) is 0 Å². The average Bonchev–Trinajstić information content (AvgIpc) is 3.01. The summed E-state index contributed by atoms with van der Waals surface area (Å²) in [5.74, 6) is 0.0918. The summed E-state index contributed by atoms with van der Waals surface area (Å²) in [6.45, 7) is 3.66. The number of hydrogen-bond acceptors (Lipinski definition) is 9. The number of fused-ring (bicyclic) bond motifs is 1. The van der Waals surface area contributed by atoms with Crippen LogP contribution in [0.2, 0.25) is 0 Å². The Balaban J connectivity index is 2.04. The van der Waals surface area contributed by atoms with Crippen molar-refractivity contribution in [1.29, 1.82) is 0 Å². The molecule has 0 radical (unpaired) electrons. The van der Waals surface area contributed by atoms with Gasteiger partial charge in [-0.15, -0.1) is 11.8 Å². The van der Waals surface area contributed by atoms with E-state index in [0.717, 1.165) is 0 Å². The Morgan fingerprint density at radius 1 is 1.35 bits per heavy atom. The molecule has 10 heteroatoms. The van der Waals surface area contributed by atoms with E-state index < -0.39 is 31.1 Å². The van der Waals surface area contributed by atoms with Gasteiger partial charge in [0.15, 0.2) is 11.9 Å². The Kier molecular flexibility index (Phi) is 4.43. The summed E-state index contributed by atoms with van der Waals surface area (Å²) in [6.07, 6.45) is -2.70. The number of imidazole rings is 1. The molecular formula is C13H19N5O4S. The highest BCUT2D eigenvalue weighted by atomic mass is 32.2. The quantitative estimate of drug-likeness (QED) is 0.429. The Morgan fingerprint density at radius 3 is 2.70 bits per heavy atom. The molecule has 1 saturated heterocycles. The zero-order valence-electron chi connectivity index (χ0n) is 12.7. The first-order valence-electron chi connectivity index (χ1n) is 7.21. The van der Waals surface area contributed by atoms with Crippen molar-refractivity contribution in [2.75, 3.05) is 12.3 Å². The second kappa shape index (κ2) is 6.21. The van der Waals surface area contributed by atoms with Crippen molar-refractivity contribution in [3.8, 4) is 0 Å². The van der Waals surface area contributed by atoms with E-state index in [-0.39, 0.29) is 11.2 Å². The van der Waals surface area contributed by atoms with Crippen LogP contribution in [0.25, 0.3) is 11.2 Å². The molecule has 0 unspecified atom stereocenters. The van der Waals surface area contributed by atoms with Crippen molar-refractivity contribution in [3.63, 3.8) is 0 Å². The molecule has 0 aliphatic carbocycles. The van der Waals surface area contributed by atoms with Gasteiger partial charge < -0.3 is 25.8 Å². The summed E-state index contributed by atoms with van der Waals surface area (Å²) < 4.78 is 7.01. The van der Waals surface area contributed by atoms with Crippen molar-refractivity contribution in [1.82, 2.24) is 19.5 Å². The maximum atomic E-state index is 10.2. The molecule has 0 bridgehead atoms. The molecule has 1 fully saturated rings. The zero-order valence-corrected chi connectivity index (χ0v) is 13.5. The summed E-state index contributed by atoms with van der Waals surface area (Å²) in [5.41, 5.74) is 6.74. The molecule has 4 atom stereocenters. The number of rotatable bonds is 4. The second-order valence-corrected chi connectivity index (χ2v) is 7.17.